The molecule has 2 aromatic carbocycles. The van der Waals surface area contributed by atoms with Gasteiger partial charge in [0.1, 0.15) is 17.1 Å². The van der Waals surface area contributed by atoms with Crippen molar-refractivity contribution in [2.45, 2.75) is 60.0 Å². The van der Waals surface area contributed by atoms with Gasteiger partial charge in [-0.25, -0.2) is 0 Å². The number of piperidine rings is 1. The molecule has 0 atom stereocenters. The third-order valence-electron chi connectivity index (χ3n) is 6.89. The van der Waals surface area contributed by atoms with Crippen molar-refractivity contribution in [3.63, 3.8) is 0 Å². The minimum atomic E-state index is -0.0423. The molecule has 1 N–H and O–H groups in total. The third-order valence-corrected chi connectivity index (χ3v) is 6.89. The predicted molar refractivity (Wildman–Crippen MR) is 138 cm³/mol. The van der Waals surface area contributed by atoms with Crippen LogP contribution in [0.15, 0.2) is 46.9 Å². The van der Waals surface area contributed by atoms with Gasteiger partial charge in [-0.2, -0.15) is 0 Å². The van der Waals surface area contributed by atoms with E-state index in [1.54, 1.807) is 6.08 Å². The van der Waals surface area contributed by atoms with E-state index in [9.17, 15) is 4.79 Å². The van der Waals surface area contributed by atoms with Crippen LogP contribution in [-0.4, -0.2) is 36.5 Å². The zero-order valence-electron chi connectivity index (χ0n) is 21.0. The average Bonchev–Trinajstić information content (AvgIpc) is 3.11. The number of allylic oxidation sites excluding steroid dienone is 1. The first kappa shape index (κ1) is 24.1. The number of rotatable bonds is 7. The number of aryl methyl sites for hydroxylation is 3. The summed E-state index contributed by atoms with van der Waals surface area (Å²) in [5, 5.41) is 4.30. The quantitative estimate of drug-likeness (QED) is 0.443. The zero-order chi connectivity index (χ0) is 24.2. The fourth-order valence-electron chi connectivity index (χ4n) is 4.83. The number of hydrogen-bond acceptors (Lipinski definition) is 4. The van der Waals surface area contributed by atoms with Crippen molar-refractivity contribution in [2.75, 3.05) is 19.7 Å². The molecule has 0 spiro atoms. The molecule has 1 amide bonds. The predicted octanol–water partition coefficient (Wildman–Crippen LogP) is 5.94. The second-order valence-corrected chi connectivity index (χ2v) is 9.34. The molecule has 1 aromatic heterocycles. The van der Waals surface area contributed by atoms with Crippen molar-refractivity contribution < 1.29 is 13.9 Å². The van der Waals surface area contributed by atoms with E-state index in [4.69, 9.17) is 9.15 Å². The molecule has 1 aliphatic rings. The summed E-state index contributed by atoms with van der Waals surface area (Å²) in [6.07, 6.45) is 3.64. The molecule has 2 heterocycles. The Bertz CT molecular complexity index is 1190. The van der Waals surface area contributed by atoms with Crippen LogP contribution in [-0.2, 0) is 11.3 Å². The second kappa shape index (κ2) is 10.5. The molecule has 1 saturated heterocycles. The van der Waals surface area contributed by atoms with Gasteiger partial charge >= 0.3 is 0 Å². The highest BCUT2D eigenvalue weighted by molar-refractivity contribution is 5.98. The highest BCUT2D eigenvalue weighted by atomic mass is 16.5. The fourth-order valence-corrected chi connectivity index (χ4v) is 4.83. The first-order valence-electron chi connectivity index (χ1n) is 12.3. The monoisotopic (exact) mass is 460 g/mol. The second-order valence-electron chi connectivity index (χ2n) is 9.34. The smallest absolute Gasteiger partial charge is 0.244 e. The molecule has 1 aliphatic heterocycles. The summed E-state index contributed by atoms with van der Waals surface area (Å²) in [7, 11) is 0. The maximum Gasteiger partial charge on any atom is 0.244 e. The Labute approximate surface area is 202 Å². The number of likely N-dealkylation sites (tertiary alicyclic amines) is 1. The molecule has 3 aromatic rings. The number of fused-ring (bicyclic) bond motifs is 1. The molecule has 5 nitrogen and oxygen atoms in total. The van der Waals surface area contributed by atoms with Gasteiger partial charge in [-0.05, 0) is 70.2 Å². The Morgan fingerprint density at radius 3 is 2.53 bits per heavy atom. The molecule has 4 rings (SSSR count). The van der Waals surface area contributed by atoms with Crippen LogP contribution >= 0.6 is 0 Å². The van der Waals surface area contributed by atoms with Crippen LogP contribution in [0.1, 0.15) is 54.7 Å². The third kappa shape index (κ3) is 5.20. The summed E-state index contributed by atoms with van der Waals surface area (Å²) in [5.74, 6) is 1.66. The van der Waals surface area contributed by atoms with Gasteiger partial charge in [0.15, 0.2) is 0 Å². The van der Waals surface area contributed by atoms with Crippen LogP contribution < -0.4 is 10.1 Å². The van der Waals surface area contributed by atoms with Crippen LogP contribution in [0.2, 0.25) is 0 Å². The van der Waals surface area contributed by atoms with Crippen LogP contribution in [0, 0.1) is 20.8 Å². The number of hydrogen-bond donors (Lipinski definition) is 1. The van der Waals surface area contributed by atoms with E-state index in [0.29, 0.717) is 6.61 Å². The summed E-state index contributed by atoms with van der Waals surface area (Å²) in [4.78, 5) is 15.4. The first-order valence-corrected chi connectivity index (χ1v) is 12.3. The average molecular weight is 461 g/mol. The Morgan fingerprint density at radius 2 is 1.85 bits per heavy atom. The molecule has 0 unspecified atom stereocenters. The summed E-state index contributed by atoms with van der Waals surface area (Å²) in [6.45, 7) is 13.5. The molecule has 0 saturated carbocycles. The fraction of sp³-hybridized carbons (Fsp3) is 0.414. The van der Waals surface area contributed by atoms with Crippen molar-refractivity contribution in [1.82, 2.24) is 10.2 Å². The molecule has 0 radical (unpaired) electrons. The van der Waals surface area contributed by atoms with Gasteiger partial charge in [0, 0.05) is 48.3 Å². The molecule has 34 heavy (non-hydrogen) atoms. The Morgan fingerprint density at radius 1 is 1.15 bits per heavy atom. The van der Waals surface area contributed by atoms with Crippen molar-refractivity contribution in [3.8, 4) is 5.75 Å². The van der Waals surface area contributed by atoms with E-state index >= 15 is 0 Å². The molecular formula is C29H36N2O3. The first-order chi connectivity index (χ1) is 16.4. The van der Waals surface area contributed by atoms with Crippen LogP contribution in [0.4, 0.5) is 0 Å². The normalized spacial score (nSPS) is 15.6. The number of amides is 1. The van der Waals surface area contributed by atoms with Crippen LogP contribution in [0.25, 0.3) is 16.5 Å². The lowest BCUT2D eigenvalue weighted by molar-refractivity contribution is -0.117. The van der Waals surface area contributed by atoms with Crippen molar-refractivity contribution in [3.05, 3.63) is 70.5 Å². The van der Waals surface area contributed by atoms with Crippen LogP contribution in [0.5, 0.6) is 5.75 Å². The lowest BCUT2D eigenvalue weighted by atomic mass is 9.98. The van der Waals surface area contributed by atoms with E-state index in [-0.39, 0.29) is 11.9 Å². The van der Waals surface area contributed by atoms with Gasteiger partial charge in [-0.3, -0.25) is 9.69 Å². The number of nitrogens with one attached hydrogen (secondary N) is 1. The van der Waals surface area contributed by atoms with Gasteiger partial charge in [0.05, 0.1) is 6.61 Å². The maximum atomic E-state index is 12.9. The van der Waals surface area contributed by atoms with E-state index in [0.717, 1.165) is 77.2 Å². The lowest BCUT2D eigenvalue weighted by Gasteiger charge is -2.32. The number of benzene rings is 2. The van der Waals surface area contributed by atoms with Crippen molar-refractivity contribution in [1.29, 1.82) is 0 Å². The zero-order valence-corrected chi connectivity index (χ0v) is 21.0. The number of nitrogens with zero attached hydrogens (tertiary/aromatic N) is 1. The molecule has 1 fully saturated rings. The standard InChI is InChI=1S/C29H36N2O3/c1-6-33-28-21(4)29-26(20(3)22(5)34-29)17-25(28)19(2)16-27(32)30-24-12-14-31(15-13-24)18-23-10-8-7-9-11-23/h7-11,16-17,24H,6,12-15,18H2,1-5H3,(H,30,32)/b19-16+. The minimum Gasteiger partial charge on any atom is -0.493 e. The van der Waals surface area contributed by atoms with Gasteiger partial charge in [-0.15, -0.1) is 0 Å². The molecule has 0 bridgehead atoms. The van der Waals surface area contributed by atoms with Gasteiger partial charge < -0.3 is 14.5 Å². The van der Waals surface area contributed by atoms with E-state index in [1.807, 2.05) is 27.7 Å². The Balaban J connectivity index is 1.44. The summed E-state index contributed by atoms with van der Waals surface area (Å²) >= 11 is 0. The lowest BCUT2D eigenvalue weighted by Crippen LogP contribution is -2.43. The maximum absolute atomic E-state index is 12.9. The van der Waals surface area contributed by atoms with E-state index < -0.39 is 0 Å². The van der Waals surface area contributed by atoms with E-state index in [2.05, 4.69) is 53.5 Å². The highest BCUT2D eigenvalue weighted by Crippen LogP contribution is 2.38. The molecule has 0 aliphatic carbocycles. The molecule has 180 valence electrons. The number of carbonyl (C=O) groups is 1. The van der Waals surface area contributed by atoms with Crippen molar-refractivity contribution >= 4 is 22.4 Å². The topological polar surface area (TPSA) is 54.7 Å². The number of ether oxygens (including phenoxy) is 1. The summed E-state index contributed by atoms with van der Waals surface area (Å²) < 4.78 is 12.0. The Hall–Kier alpha value is -3.05. The van der Waals surface area contributed by atoms with Gasteiger partial charge in [0.25, 0.3) is 0 Å². The summed E-state index contributed by atoms with van der Waals surface area (Å²) in [5.41, 5.74) is 6.14. The molecular weight excluding hydrogens is 424 g/mol. The van der Waals surface area contributed by atoms with Gasteiger partial charge in [-0.1, -0.05) is 30.3 Å². The largest absolute Gasteiger partial charge is 0.493 e. The van der Waals surface area contributed by atoms with Gasteiger partial charge in [0.2, 0.25) is 5.91 Å². The van der Waals surface area contributed by atoms with E-state index in [1.165, 1.54) is 5.56 Å². The molecule has 5 heteroatoms. The summed E-state index contributed by atoms with van der Waals surface area (Å²) in [6, 6.07) is 12.9. The number of carbonyl (C=O) groups excluding carboxylic acids is 1. The SMILES string of the molecule is CCOc1c(/C(C)=C/C(=O)NC2CCN(Cc3ccccc3)CC2)cc2c(C)c(C)oc2c1C. The van der Waals surface area contributed by atoms with Crippen LogP contribution in [0.3, 0.4) is 0 Å². The minimum absolute atomic E-state index is 0.0423. The highest BCUT2D eigenvalue weighted by Gasteiger charge is 2.22. The number of furan rings is 1. The van der Waals surface area contributed by atoms with Crippen molar-refractivity contribution in [2.24, 2.45) is 0 Å². The Kier molecular flexibility index (Phi) is 7.42.